The Kier molecular flexibility index (Phi) is 14.0. The van der Waals surface area contributed by atoms with Crippen molar-refractivity contribution in [2.75, 3.05) is 0 Å². The van der Waals surface area contributed by atoms with Crippen molar-refractivity contribution in [3.8, 4) is 0 Å². The molecule has 0 unspecified atom stereocenters. The second-order valence-corrected chi connectivity index (χ2v) is 11.5. The topological polar surface area (TPSA) is 18.5 Å². The molecule has 0 aromatic carbocycles. The molecule has 4 radical (unpaired) electrons. The van der Waals surface area contributed by atoms with Gasteiger partial charge < -0.3 is 8.23 Å². The monoisotopic (exact) mass is 308 g/mol. The SMILES string of the molecule is C[Si](C)O[Si](C)(C)O[Si](C)C.[V].[V]. The summed E-state index contributed by atoms with van der Waals surface area (Å²) in [5.74, 6) is 0. The van der Waals surface area contributed by atoms with Crippen molar-refractivity contribution in [3.63, 3.8) is 0 Å². The van der Waals surface area contributed by atoms with Crippen LogP contribution in [0.4, 0.5) is 0 Å². The van der Waals surface area contributed by atoms with Crippen LogP contribution in [0.1, 0.15) is 0 Å². The van der Waals surface area contributed by atoms with E-state index >= 15 is 0 Å². The van der Waals surface area contributed by atoms with Gasteiger partial charge in [-0.2, -0.15) is 0 Å². The van der Waals surface area contributed by atoms with Crippen LogP contribution in [0.5, 0.6) is 0 Å². The average molecular weight is 308 g/mol. The Labute approximate surface area is 111 Å². The second-order valence-electron chi connectivity index (χ2n) is 3.42. The quantitative estimate of drug-likeness (QED) is 0.742. The summed E-state index contributed by atoms with van der Waals surface area (Å²) < 4.78 is 11.6. The number of hydrogen-bond donors (Lipinski definition) is 0. The molecule has 0 aliphatic rings. The molecule has 76 valence electrons. The van der Waals surface area contributed by atoms with Crippen LogP contribution in [-0.4, -0.2) is 26.6 Å². The number of hydrogen-bond acceptors (Lipinski definition) is 2. The van der Waals surface area contributed by atoms with Gasteiger partial charge in [-0.15, -0.1) is 0 Å². The molecule has 0 amide bonds. The van der Waals surface area contributed by atoms with Gasteiger partial charge in [-0.05, 0) is 39.3 Å². The van der Waals surface area contributed by atoms with Crippen molar-refractivity contribution >= 4 is 26.6 Å². The molecule has 0 saturated heterocycles. The molecule has 0 bridgehead atoms. The molecule has 0 fully saturated rings. The normalized spacial score (nSPS) is 11.1. The molecule has 0 saturated carbocycles. The molecule has 0 aliphatic carbocycles. The molecular weight excluding hydrogens is 290 g/mol. The summed E-state index contributed by atoms with van der Waals surface area (Å²) in [6, 6.07) is 0. The van der Waals surface area contributed by atoms with Gasteiger partial charge in [0.1, 0.15) is 0 Å². The summed E-state index contributed by atoms with van der Waals surface area (Å²) in [6.45, 7) is 12.9. The predicted molar refractivity (Wildman–Crippen MR) is 54.6 cm³/mol. The van der Waals surface area contributed by atoms with Crippen molar-refractivity contribution in [3.05, 3.63) is 0 Å². The van der Waals surface area contributed by atoms with E-state index < -0.39 is 26.6 Å². The third-order valence-corrected chi connectivity index (χ3v) is 8.10. The third kappa shape index (κ3) is 13.7. The summed E-state index contributed by atoms with van der Waals surface area (Å²) in [5.41, 5.74) is 0. The molecule has 0 N–H and O–H groups in total. The maximum absolute atomic E-state index is 5.79. The molecule has 7 heteroatoms. The molecule has 0 heterocycles. The maximum atomic E-state index is 5.79. The van der Waals surface area contributed by atoms with Crippen LogP contribution in [-0.2, 0) is 45.3 Å². The fourth-order valence-corrected chi connectivity index (χ4v) is 9.41. The van der Waals surface area contributed by atoms with Crippen LogP contribution in [0.15, 0.2) is 0 Å². The zero-order chi connectivity index (χ0) is 9.07. The Bertz CT molecular complexity index is 110. The molecular formula is C6H18O2Si3V2. The molecule has 13 heavy (non-hydrogen) atoms. The first kappa shape index (κ1) is 20.2. The Hall–Kier alpha value is 1.74. The van der Waals surface area contributed by atoms with Gasteiger partial charge in [0, 0.05) is 37.1 Å². The second kappa shape index (κ2) is 9.00. The van der Waals surface area contributed by atoms with Crippen molar-refractivity contribution in [2.45, 2.75) is 39.3 Å². The van der Waals surface area contributed by atoms with Gasteiger partial charge in [0.25, 0.3) is 0 Å². The van der Waals surface area contributed by atoms with Gasteiger partial charge in [-0.25, -0.2) is 0 Å². The van der Waals surface area contributed by atoms with Gasteiger partial charge in [0.2, 0.25) is 0 Å². The summed E-state index contributed by atoms with van der Waals surface area (Å²) in [6.07, 6.45) is 0. The first-order chi connectivity index (χ1) is 4.83. The fraction of sp³-hybridized carbons (Fsp3) is 1.00. The summed E-state index contributed by atoms with van der Waals surface area (Å²) in [4.78, 5) is 0. The zero-order valence-corrected chi connectivity index (χ0v) is 15.0. The van der Waals surface area contributed by atoms with E-state index in [1.165, 1.54) is 0 Å². The third-order valence-electron chi connectivity index (χ3n) is 0.900. The van der Waals surface area contributed by atoms with E-state index in [0.717, 1.165) is 0 Å². The van der Waals surface area contributed by atoms with Crippen LogP contribution in [0.2, 0.25) is 39.3 Å². The van der Waals surface area contributed by atoms with Crippen molar-refractivity contribution in [1.29, 1.82) is 0 Å². The summed E-state index contributed by atoms with van der Waals surface area (Å²) >= 11 is 0. The molecule has 0 atom stereocenters. The van der Waals surface area contributed by atoms with E-state index in [4.69, 9.17) is 8.23 Å². The smallest absolute Gasteiger partial charge is 0.310 e. The van der Waals surface area contributed by atoms with Gasteiger partial charge >= 0.3 is 8.56 Å². The minimum atomic E-state index is -1.74. The van der Waals surface area contributed by atoms with Crippen molar-refractivity contribution < 1.29 is 45.3 Å². The minimum absolute atomic E-state index is 0. The molecule has 0 rings (SSSR count). The summed E-state index contributed by atoms with van der Waals surface area (Å²) in [5, 5.41) is 0. The Morgan fingerprint density at radius 2 is 1.00 bits per heavy atom. The van der Waals surface area contributed by atoms with E-state index in [1.54, 1.807) is 0 Å². The minimum Gasteiger partial charge on any atom is -0.437 e. The standard InChI is InChI=1S/C6H18O2Si3.2V/c1-9(2)7-11(5,6)8-10(3)4;;/h1-6H3;;. The van der Waals surface area contributed by atoms with Crippen LogP contribution in [0.3, 0.4) is 0 Å². The van der Waals surface area contributed by atoms with E-state index in [0.29, 0.717) is 0 Å². The Morgan fingerprint density at radius 3 is 1.15 bits per heavy atom. The predicted octanol–water partition coefficient (Wildman–Crippen LogP) is 2.22. The zero-order valence-electron chi connectivity index (χ0n) is 9.21. The van der Waals surface area contributed by atoms with Gasteiger partial charge in [0.05, 0.1) is 0 Å². The number of rotatable bonds is 4. The van der Waals surface area contributed by atoms with Gasteiger partial charge in [-0.1, -0.05) is 0 Å². The van der Waals surface area contributed by atoms with E-state index in [1.807, 2.05) is 0 Å². The molecule has 2 nitrogen and oxygen atoms in total. The maximum Gasteiger partial charge on any atom is 0.310 e. The largest absolute Gasteiger partial charge is 0.437 e. The Balaban J connectivity index is -0.000000500. The molecule has 0 aliphatic heterocycles. The van der Waals surface area contributed by atoms with Crippen LogP contribution < -0.4 is 0 Å². The van der Waals surface area contributed by atoms with Crippen LogP contribution >= 0.6 is 0 Å². The first-order valence-corrected chi connectivity index (χ1v) is 11.4. The van der Waals surface area contributed by atoms with E-state index in [-0.39, 0.29) is 37.1 Å². The fourth-order valence-electron chi connectivity index (χ4n) is 1.00. The summed E-state index contributed by atoms with van der Waals surface area (Å²) in [7, 11) is -2.91. The van der Waals surface area contributed by atoms with Gasteiger partial charge in [0.15, 0.2) is 18.1 Å². The van der Waals surface area contributed by atoms with Crippen molar-refractivity contribution in [2.24, 2.45) is 0 Å². The van der Waals surface area contributed by atoms with Crippen LogP contribution in [0.25, 0.3) is 0 Å². The molecule has 0 aromatic heterocycles. The molecule has 0 aromatic rings. The Morgan fingerprint density at radius 1 is 0.769 bits per heavy atom. The van der Waals surface area contributed by atoms with Crippen molar-refractivity contribution in [1.82, 2.24) is 0 Å². The van der Waals surface area contributed by atoms with E-state index in [9.17, 15) is 0 Å². The average Bonchev–Trinajstić information content (AvgIpc) is 1.53. The van der Waals surface area contributed by atoms with Gasteiger partial charge in [-0.3, -0.25) is 0 Å². The van der Waals surface area contributed by atoms with E-state index in [2.05, 4.69) is 39.3 Å². The first-order valence-electron chi connectivity index (χ1n) is 3.82. The molecule has 0 spiro atoms. The van der Waals surface area contributed by atoms with Crippen LogP contribution in [0, 0.1) is 0 Å².